The van der Waals surface area contributed by atoms with E-state index in [1.165, 1.54) is 5.56 Å². The molecule has 15 heavy (non-hydrogen) atoms. The van der Waals surface area contributed by atoms with Gasteiger partial charge in [0.2, 0.25) is 0 Å². The van der Waals surface area contributed by atoms with Crippen LogP contribution in [0.15, 0.2) is 28.7 Å². The average molecular weight is 293 g/mol. The fourth-order valence-corrected chi connectivity index (χ4v) is 1.94. The molecular formula is C11H15BrClNO. The van der Waals surface area contributed by atoms with E-state index in [0.717, 1.165) is 17.6 Å². The number of methoxy groups -OCH3 is 1. The maximum atomic E-state index is 5.98. The molecule has 0 heterocycles. The van der Waals surface area contributed by atoms with E-state index in [4.69, 9.17) is 16.3 Å². The van der Waals surface area contributed by atoms with Gasteiger partial charge in [0.05, 0.1) is 12.0 Å². The zero-order valence-corrected chi connectivity index (χ0v) is 11.0. The van der Waals surface area contributed by atoms with Crippen molar-refractivity contribution < 1.29 is 4.74 Å². The topological polar surface area (TPSA) is 21.3 Å². The molecule has 1 atom stereocenters. The lowest BCUT2D eigenvalue weighted by Gasteiger charge is -2.09. The predicted molar refractivity (Wildman–Crippen MR) is 67.4 cm³/mol. The number of benzene rings is 1. The van der Waals surface area contributed by atoms with Crippen molar-refractivity contribution in [1.82, 2.24) is 5.32 Å². The van der Waals surface area contributed by atoms with Crippen LogP contribution in [-0.4, -0.2) is 25.6 Å². The monoisotopic (exact) mass is 291 g/mol. The van der Waals surface area contributed by atoms with E-state index in [9.17, 15) is 0 Å². The van der Waals surface area contributed by atoms with E-state index < -0.39 is 0 Å². The van der Waals surface area contributed by atoms with Gasteiger partial charge in [0.25, 0.3) is 0 Å². The van der Waals surface area contributed by atoms with Crippen LogP contribution >= 0.6 is 27.5 Å². The fraction of sp³-hybridized carbons (Fsp3) is 0.455. The van der Waals surface area contributed by atoms with Gasteiger partial charge in [0, 0.05) is 24.7 Å². The summed E-state index contributed by atoms with van der Waals surface area (Å²) in [6.45, 7) is 2.15. The molecule has 0 aliphatic carbocycles. The summed E-state index contributed by atoms with van der Waals surface area (Å²) in [4.78, 5) is 0. The zero-order chi connectivity index (χ0) is 11.1. The van der Waals surface area contributed by atoms with Crippen LogP contribution < -0.4 is 5.32 Å². The molecule has 0 bridgehead atoms. The average Bonchev–Trinajstić information content (AvgIpc) is 2.18. The molecule has 4 heteroatoms. The first-order valence-corrected chi connectivity index (χ1v) is 6.03. The van der Waals surface area contributed by atoms with E-state index >= 15 is 0 Å². The van der Waals surface area contributed by atoms with Gasteiger partial charge in [-0.05, 0) is 17.7 Å². The predicted octanol–water partition coefficient (Wildman–Crippen LogP) is 2.79. The first-order valence-electron chi connectivity index (χ1n) is 4.80. The van der Waals surface area contributed by atoms with Gasteiger partial charge in [-0.1, -0.05) is 28.1 Å². The summed E-state index contributed by atoms with van der Waals surface area (Å²) in [6.07, 6.45) is 0. The van der Waals surface area contributed by atoms with Gasteiger partial charge in [-0.15, -0.1) is 11.6 Å². The van der Waals surface area contributed by atoms with Crippen LogP contribution in [0.4, 0.5) is 0 Å². The van der Waals surface area contributed by atoms with E-state index in [2.05, 4.69) is 33.4 Å². The molecule has 0 fully saturated rings. The standard InChI is InChI=1S/C11H15BrClNO/c1-15-8-11(13)7-14-6-9-3-2-4-10(12)5-9/h2-5,11,14H,6-8H2,1H3. The molecule has 0 aliphatic rings. The quantitative estimate of drug-likeness (QED) is 0.814. The maximum absolute atomic E-state index is 5.98. The molecule has 84 valence electrons. The van der Waals surface area contributed by atoms with Crippen LogP contribution in [0, 0.1) is 0 Å². The van der Waals surface area contributed by atoms with Gasteiger partial charge >= 0.3 is 0 Å². The minimum atomic E-state index is 0.0298. The Hall–Kier alpha value is -0.0900. The second-order valence-corrected chi connectivity index (χ2v) is 4.85. The lowest BCUT2D eigenvalue weighted by atomic mass is 10.2. The van der Waals surface area contributed by atoms with E-state index in [-0.39, 0.29) is 5.38 Å². The molecule has 1 unspecified atom stereocenters. The molecule has 0 amide bonds. The second-order valence-electron chi connectivity index (χ2n) is 3.31. The van der Waals surface area contributed by atoms with Gasteiger partial charge in [0.15, 0.2) is 0 Å². The maximum Gasteiger partial charge on any atom is 0.0694 e. The molecule has 1 aromatic rings. The highest BCUT2D eigenvalue weighted by atomic mass is 79.9. The first kappa shape index (κ1) is 13.0. The van der Waals surface area contributed by atoms with Gasteiger partial charge in [0.1, 0.15) is 0 Å². The lowest BCUT2D eigenvalue weighted by molar-refractivity contribution is 0.197. The fourth-order valence-electron chi connectivity index (χ4n) is 1.26. The van der Waals surface area contributed by atoms with Crippen LogP contribution in [0.3, 0.4) is 0 Å². The Morgan fingerprint density at radius 2 is 2.33 bits per heavy atom. The number of alkyl halides is 1. The first-order chi connectivity index (χ1) is 7.22. The van der Waals surface area contributed by atoms with Gasteiger partial charge in [-0.25, -0.2) is 0 Å². The van der Waals surface area contributed by atoms with E-state index in [0.29, 0.717) is 6.61 Å². The SMILES string of the molecule is COCC(Cl)CNCc1cccc(Br)c1. The Labute approximate surface area is 104 Å². The molecule has 1 rings (SSSR count). The summed E-state index contributed by atoms with van der Waals surface area (Å²) in [6, 6.07) is 8.21. The van der Waals surface area contributed by atoms with Crippen LogP contribution in [0.1, 0.15) is 5.56 Å². The molecular weight excluding hydrogens is 277 g/mol. The number of rotatable bonds is 6. The third-order valence-electron chi connectivity index (χ3n) is 1.93. The molecule has 2 nitrogen and oxygen atoms in total. The van der Waals surface area contributed by atoms with Crippen molar-refractivity contribution in [2.45, 2.75) is 11.9 Å². The Morgan fingerprint density at radius 3 is 3.00 bits per heavy atom. The summed E-state index contributed by atoms with van der Waals surface area (Å²) < 4.78 is 6.04. The number of nitrogens with one attached hydrogen (secondary N) is 1. The zero-order valence-electron chi connectivity index (χ0n) is 8.67. The highest BCUT2D eigenvalue weighted by Gasteiger charge is 2.02. The van der Waals surface area contributed by atoms with E-state index in [1.54, 1.807) is 7.11 Å². The van der Waals surface area contributed by atoms with E-state index in [1.807, 2.05) is 12.1 Å². The Kier molecular flexibility index (Phi) is 6.25. The Balaban J connectivity index is 2.25. The molecule has 0 aromatic heterocycles. The highest BCUT2D eigenvalue weighted by molar-refractivity contribution is 9.10. The second kappa shape index (κ2) is 7.23. The number of halogens is 2. The molecule has 0 radical (unpaired) electrons. The van der Waals surface area contributed by atoms with Gasteiger partial charge < -0.3 is 10.1 Å². The number of ether oxygens (including phenoxy) is 1. The van der Waals surface area contributed by atoms with Crippen molar-refractivity contribution in [1.29, 1.82) is 0 Å². The van der Waals surface area contributed by atoms with Crippen molar-refractivity contribution in [2.75, 3.05) is 20.3 Å². The molecule has 0 saturated carbocycles. The largest absolute Gasteiger partial charge is 0.383 e. The molecule has 0 spiro atoms. The lowest BCUT2D eigenvalue weighted by Crippen LogP contribution is -2.25. The minimum absolute atomic E-state index is 0.0298. The van der Waals surface area contributed by atoms with Crippen molar-refractivity contribution in [3.63, 3.8) is 0 Å². The molecule has 1 N–H and O–H groups in total. The van der Waals surface area contributed by atoms with Crippen molar-refractivity contribution in [3.05, 3.63) is 34.3 Å². The highest BCUT2D eigenvalue weighted by Crippen LogP contribution is 2.11. The normalized spacial score (nSPS) is 12.7. The Bertz CT molecular complexity index is 296. The van der Waals surface area contributed by atoms with Gasteiger partial charge in [-0.2, -0.15) is 0 Å². The summed E-state index contributed by atoms with van der Waals surface area (Å²) in [5.74, 6) is 0. The van der Waals surface area contributed by atoms with Crippen molar-refractivity contribution >= 4 is 27.5 Å². The third-order valence-corrected chi connectivity index (χ3v) is 2.71. The van der Waals surface area contributed by atoms with Crippen molar-refractivity contribution in [2.24, 2.45) is 0 Å². The molecule has 1 aromatic carbocycles. The van der Waals surface area contributed by atoms with Crippen LogP contribution in [0.2, 0.25) is 0 Å². The van der Waals surface area contributed by atoms with Gasteiger partial charge in [-0.3, -0.25) is 0 Å². The van der Waals surface area contributed by atoms with Crippen LogP contribution in [-0.2, 0) is 11.3 Å². The number of hydrogen-bond donors (Lipinski definition) is 1. The summed E-state index contributed by atoms with van der Waals surface area (Å²) in [7, 11) is 1.66. The van der Waals surface area contributed by atoms with Crippen LogP contribution in [0.25, 0.3) is 0 Å². The number of hydrogen-bond acceptors (Lipinski definition) is 2. The summed E-state index contributed by atoms with van der Waals surface area (Å²) in [5.41, 5.74) is 1.24. The molecule has 0 aliphatic heterocycles. The molecule has 0 saturated heterocycles. The summed E-state index contributed by atoms with van der Waals surface area (Å²) >= 11 is 9.42. The van der Waals surface area contributed by atoms with Crippen molar-refractivity contribution in [3.8, 4) is 0 Å². The minimum Gasteiger partial charge on any atom is -0.383 e. The van der Waals surface area contributed by atoms with Crippen LogP contribution in [0.5, 0.6) is 0 Å². The Morgan fingerprint density at radius 1 is 1.53 bits per heavy atom. The summed E-state index contributed by atoms with van der Waals surface area (Å²) in [5, 5.41) is 3.31. The third kappa shape index (κ3) is 5.52. The smallest absolute Gasteiger partial charge is 0.0694 e.